The van der Waals surface area contributed by atoms with Crippen molar-refractivity contribution in [3.05, 3.63) is 47.8 Å². The summed E-state index contributed by atoms with van der Waals surface area (Å²) in [4.78, 5) is 17.0. The molecule has 0 saturated carbocycles. The van der Waals surface area contributed by atoms with Crippen LogP contribution < -0.4 is 14.8 Å². The normalized spacial score (nSPS) is 13.1. The van der Waals surface area contributed by atoms with Crippen LogP contribution in [0.3, 0.4) is 0 Å². The van der Waals surface area contributed by atoms with E-state index in [2.05, 4.69) is 10.3 Å². The van der Waals surface area contributed by atoms with Crippen molar-refractivity contribution >= 4 is 22.6 Å². The largest absolute Gasteiger partial charge is 0.486 e. The molecule has 1 aliphatic rings. The van der Waals surface area contributed by atoms with Crippen LogP contribution in [0.1, 0.15) is 16.2 Å². The fourth-order valence-corrected chi connectivity index (χ4v) is 2.79. The van der Waals surface area contributed by atoms with Gasteiger partial charge in [0.1, 0.15) is 19.0 Å². The SMILES string of the molecule is Cc1nc2cc(C(=O)Nc3ccc4c(c3)OCCO4)ccc2n1C. The van der Waals surface area contributed by atoms with Crippen molar-refractivity contribution in [2.45, 2.75) is 6.92 Å². The van der Waals surface area contributed by atoms with Crippen LogP contribution in [0.15, 0.2) is 36.4 Å². The third-order valence-corrected chi connectivity index (χ3v) is 4.17. The number of aryl methyl sites for hydroxylation is 2. The van der Waals surface area contributed by atoms with Crippen LogP contribution in [-0.2, 0) is 7.05 Å². The van der Waals surface area contributed by atoms with Gasteiger partial charge in [-0.2, -0.15) is 0 Å². The molecule has 0 radical (unpaired) electrons. The van der Waals surface area contributed by atoms with Crippen LogP contribution in [0.2, 0.25) is 0 Å². The quantitative estimate of drug-likeness (QED) is 0.787. The highest BCUT2D eigenvalue weighted by Crippen LogP contribution is 2.32. The summed E-state index contributed by atoms with van der Waals surface area (Å²) in [5.74, 6) is 2.07. The number of amides is 1. The Morgan fingerprint density at radius 3 is 2.75 bits per heavy atom. The first-order valence-corrected chi connectivity index (χ1v) is 7.76. The summed E-state index contributed by atoms with van der Waals surface area (Å²) in [6, 6.07) is 10.9. The summed E-state index contributed by atoms with van der Waals surface area (Å²) in [7, 11) is 1.96. The summed E-state index contributed by atoms with van der Waals surface area (Å²) >= 11 is 0. The summed E-state index contributed by atoms with van der Waals surface area (Å²) in [6.45, 7) is 3.00. The van der Waals surface area contributed by atoms with E-state index in [1.807, 2.05) is 24.6 Å². The number of hydrogen-bond donors (Lipinski definition) is 1. The van der Waals surface area contributed by atoms with Gasteiger partial charge in [-0.25, -0.2) is 4.98 Å². The lowest BCUT2D eigenvalue weighted by molar-refractivity contribution is 0.102. The summed E-state index contributed by atoms with van der Waals surface area (Å²) in [5, 5.41) is 2.89. The van der Waals surface area contributed by atoms with Gasteiger partial charge in [0.2, 0.25) is 0 Å². The molecule has 2 aromatic carbocycles. The van der Waals surface area contributed by atoms with E-state index >= 15 is 0 Å². The second kappa shape index (κ2) is 5.56. The lowest BCUT2D eigenvalue weighted by Crippen LogP contribution is -2.16. The molecule has 6 heteroatoms. The van der Waals surface area contributed by atoms with E-state index in [-0.39, 0.29) is 5.91 Å². The van der Waals surface area contributed by atoms with Gasteiger partial charge in [-0.05, 0) is 37.3 Å². The van der Waals surface area contributed by atoms with Gasteiger partial charge in [0.15, 0.2) is 11.5 Å². The van der Waals surface area contributed by atoms with Gasteiger partial charge in [-0.15, -0.1) is 0 Å². The molecule has 1 amide bonds. The second-order valence-corrected chi connectivity index (χ2v) is 5.73. The number of rotatable bonds is 2. The minimum atomic E-state index is -0.183. The van der Waals surface area contributed by atoms with Gasteiger partial charge in [0.25, 0.3) is 5.91 Å². The van der Waals surface area contributed by atoms with Gasteiger partial charge < -0.3 is 19.4 Å². The molecule has 24 heavy (non-hydrogen) atoms. The fourth-order valence-electron chi connectivity index (χ4n) is 2.79. The topological polar surface area (TPSA) is 65.4 Å². The maximum Gasteiger partial charge on any atom is 0.255 e. The summed E-state index contributed by atoms with van der Waals surface area (Å²) in [5.41, 5.74) is 3.05. The standard InChI is InChI=1S/C18H17N3O3/c1-11-19-14-9-12(3-5-15(14)21(11)2)18(22)20-13-4-6-16-17(10-13)24-8-7-23-16/h3-6,9-10H,7-8H2,1-2H3,(H,20,22). The van der Waals surface area contributed by atoms with E-state index in [1.54, 1.807) is 30.3 Å². The zero-order valence-corrected chi connectivity index (χ0v) is 13.5. The molecule has 1 aromatic heterocycles. The number of carbonyl (C=O) groups excluding carboxylic acids is 1. The Hall–Kier alpha value is -3.02. The molecular formula is C18H17N3O3. The smallest absolute Gasteiger partial charge is 0.255 e. The molecule has 0 fully saturated rings. The van der Waals surface area contributed by atoms with Crippen LogP contribution >= 0.6 is 0 Å². The molecule has 0 atom stereocenters. The first-order chi connectivity index (χ1) is 11.6. The van der Waals surface area contributed by atoms with Gasteiger partial charge in [-0.1, -0.05) is 0 Å². The molecule has 4 rings (SSSR count). The average Bonchev–Trinajstić information content (AvgIpc) is 2.88. The Morgan fingerprint density at radius 2 is 1.92 bits per heavy atom. The number of ether oxygens (including phenoxy) is 2. The number of nitrogens with one attached hydrogen (secondary N) is 1. The molecule has 3 aromatic rings. The molecule has 122 valence electrons. The van der Waals surface area contributed by atoms with E-state index in [0.29, 0.717) is 36.0 Å². The van der Waals surface area contributed by atoms with E-state index < -0.39 is 0 Å². The molecule has 6 nitrogen and oxygen atoms in total. The van der Waals surface area contributed by atoms with Crippen molar-refractivity contribution < 1.29 is 14.3 Å². The van der Waals surface area contributed by atoms with E-state index in [0.717, 1.165) is 16.9 Å². The third-order valence-electron chi connectivity index (χ3n) is 4.17. The highest BCUT2D eigenvalue weighted by molar-refractivity contribution is 6.06. The summed E-state index contributed by atoms with van der Waals surface area (Å²) < 4.78 is 13.0. The highest BCUT2D eigenvalue weighted by Gasteiger charge is 2.14. The molecule has 0 spiro atoms. The van der Waals surface area contributed by atoms with E-state index in [9.17, 15) is 4.79 Å². The number of benzene rings is 2. The molecular weight excluding hydrogens is 306 g/mol. The number of nitrogens with zero attached hydrogens (tertiary/aromatic N) is 2. The molecule has 1 N–H and O–H groups in total. The monoisotopic (exact) mass is 323 g/mol. The van der Waals surface area contributed by atoms with Crippen molar-refractivity contribution in [2.75, 3.05) is 18.5 Å². The zero-order chi connectivity index (χ0) is 16.7. The van der Waals surface area contributed by atoms with Crippen molar-refractivity contribution in [1.82, 2.24) is 9.55 Å². The van der Waals surface area contributed by atoms with Gasteiger partial charge in [-0.3, -0.25) is 4.79 Å². The Labute approximate surface area is 139 Å². The lowest BCUT2D eigenvalue weighted by Gasteiger charge is -2.19. The molecule has 0 saturated heterocycles. The molecule has 1 aliphatic heterocycles. The number of imidazole rings is 1. The van der Waals surface area contributed by atoms with Crippen molar-refractivity contribution in [2.24, 2.45) is 7.05 Å². The minimum absolute atomic E-state index is 0.183. The van der Waals surface area contributed by atoms with Crippen LogP contribution in [0.4, 0.5) is 5.69 Å². The molecule has 0 aliphatic carbocycles. The van der Waals surface area contributed by atoms with Crippen molar-refractivity contribution in [3.63, 3.8) is 0 Å². The zero-order valence-electron chi connectivity index (χ0n) is 13.5. The fraction of sp³-hybridized carbons (Fsp3) is 0.222. The first kappa shape index (κ1) is 14.6. The second-order valence-electron chi connectivity index (χ2n) is 5.73. The Balaban J connectivity index is 1.60. The van der Waals surface area contributed by atoms with E-state index in [1.165, 1.54) is 0 Å². The first-order valence-electron chi connectivity index (χ1n) is 7.76. The average molecular weight is 323 g/mol. The van der Waals surface area contributed by atoms with Gasteiger partial charge in [0, 0.05) is 24.4 Å². The summed E-state index contributed by atoms with van der Waals surface area (Å²) in [6.07, 6.45) is 0. The maximum atomic E-state index is 12.5. The predicted molar refractivity (Wildman–Crippen MR) is 90.8 cm³/mol. The number of carbonyl (C=O) groups is 1. The van der Waals surface area contributed by atoms with Gasteiger partial charge >= 0.3 is 0 Å². The van der Waals surface area contributed by atoms with Crippen LogP contribution in [0.25, 0.3) is 11.0 Å². The molecule has 0 bridgehead atoms. The molecule has 2 heterocycles. The van der Waals surface area contributed by atoms with Crippen LogP contribution in [-0.4, -0.2) is 28.7 Å². The Morgan fingerprint density at radius 1 is 1.12 bits per heavy atom. The number of hydrogen-bond acceptors (Lipinski definition) is 4. The van der Waals surface area contributed by atoms with E-state index in [4.69, 9.17) is 9.47 Å². The number of fused-ring (bicyclic) bond motifs is 2. The van der Waals surface area contributed by atoms with Crippen molar-refractivity contribution in [3.8, 4) is 11.5 Å². The third kappa shape index (κ3) is 2.46. The number of aromatic nitrogens is 2. The number of anilines is 1. The maximum absolute atomic E-state index is 12.5. The predicted octanol–water partition coefficient (Wildman–Crippen LogP) is 2.91. The van der Waals surface area contributed by atoms with Crippen molar-refractivity contribution in [1.29, 1.82) is 0 Å². The van der Waals surface area contributed by atoms with Crippen LogP contribution in [0, 0.1) is 6.92 Å². The highest BCUT2D eigenvalue weighted by atomic mass is 16.6. The lowest BCUT2D eigenvalue weighted by atomic mass is 10.1. The van der Waals surface area contributed by atoms with Crippen LogP contribution in [0.5, 0.6) is 11.5 Å². The minimum Gasteiger partial charge on any atom is -0.486 e. The Bertz CT molecular complexity index is 946. The molecule has 0 unspecified atom stereocenters. The Kier molecular flexibility index (Phi) is 3.37. The van der Waals surface area contributed by atoms with Gasteiger partial charge in [0.05, 0.1) is 11.0 Å².